The monoisotopic (exact) mass is 484 g/mol. The van der Waals surface area contributed by atoms with E-state index in [9.17, 15) is 14.3 Å². The molecule has 1 saturated carbocycles. The number of nitrogens with zero attached hydrogens (tertiary/aromatic N) is 5. The number of aromatic hydroxyl groups is 1. The molecule has 0 atom stereocenters. The Hall–Kier alpha value is -4.80. The maximum atomic E-state index is 13.4. The van der Waals surface area contributed by atoms with E-state index in [1.165, 1.54) is 12.1 Å². The Bertz CT molecular complexity index is 1750. The minimum atomic E-state index is -0.517. The third kappa shape index (κ3) is 4.33. The van der Waals surface area contributed by atoms with E-state index in [1.54, 1.807) is 28.9 Å². The van der Waals surface area contributed by atoms with Gasteiger partial charge in [0, 0.05) is 11.8 Å². The summed E-state index contributed by atoms with van der Waals surface area (Å²) in [6.07, 6.45) is 5.15. The second-order valence-corrected chi connectivity index (χ2v) is 8.55. The van der Waals surface area contributed by atoms with Crippen LogP contribution in [-0.2, 0) is 6.54 Å². The Balaban J connectivity index is 1.39. The van der Waals surface area contributed by atoms with Crippen LogP contribution in [0.3, 0.4) is 0 Å². The summed E-state index contributed by atoms with van der Waals surface area (Å²) in [5.41, 5.74) is 3.46. The van der Waals surface area contributed by atoms with Crippen molar-refractivity contribution in [2.75, 3.05) is 5.32 Å². The molecule has 0 aliphatic heterocycles. The number of aromatic amines is 2. The average molecular weight is 484 g/mol. The number of imidazole rings is 1. The molecule has 2 aromatic carbocycles. The van der Waals surface area contributed by atoms with Gasteiger partial charge in [-0.15, -0.1) is 0 Å². The molecule has 0 bridgehead atoms. The highest BCUT2D eigenvalue weighted by molar-refractivity contribution is 5.67. The zero-order chi connectivity index (χ0) is 24.6. The van der Waals surface area contributed by atoms with Crippen molar-refractivity contribution in [3.8, 4) is 17.0 Å². The first-order chi connectivity index (χ1) is 17.5. The number of hydrogen-bond donors (Lipinski definition) is 4. The molecule has 0 spiro atoms. The van der Waals surface area contributed by atoms with E-state index in [0.29, 0.717) is 29.0 Å². The summed E-state index contributed by atoms with van der Waals surface area (Å²) in [6.45, 7) is 0.422. The van der Waals surface area contributed by atoms with Gasteiger partial charge in [0.25, 0.3) is 5.62 Å². The molecule has 3 aromatic heterocycles. The zero-order valence-corrected chi connectivity index (χ0v) is 18.9. The van der Waals surface area contributed by atoms with Gasteiger partial charge >= 0.3 is 5.69 Å². The highest BCUT2D eigenvalue weighted by Gasteiger charge is 2.21. The van der Waals surface area contributed by atoms with Crippen molar-refractivity contribution < 1.29 is 9.50 Å². The molecule has 1 fully saturated rings. The predicted molar refractivity (Wildman–Crippen MR) is 130 cm³/mol. The van der Waals surface area contributed by atoms with Crippen molar-refractivity contribution in [2.24, 2.45) is 4.99 Å². The minimum Gasteiger partial charge on any atom is -0.493 e. The second-order valence-electron chi connectivity index (χ2n) is 8.55. The Labute approximate surface area is 202 Å². The molecule has 180 valence electrons. The van der Waals surface area contributed by atoms with E-state index in [1.807, 2.05) is 24.3 Å². The summed E-state index contributed by atoms with van der Waals surface area (Å²) in [7, 11) is 0. The number of rotatable bonds is 6. The summed E-state index contributed by atoms with van der Waals surface area (Å²) in [6, 6.07) is 14.4. The highest BCUT2D eigenvalue weighted by atomic mass is 19.1. The van der Waals surface area contributed by atoms with Gasteiger partial charge in [-0.3, -0.25) is 4.98 Å². The number of nitrogens with one attached hydrogen (secondary N) is 3. The van der Waals surface area contributed by atoms with Crippen molar-refractivity contribution in [3.63, 3.8) is 0 Å². The number of fused-ring (bicyclic) bond motifs is 1. The van der Waals surface area contributed by atoms with Crippen molar-refractivity contribution in [3.05, 3.63) is 93.1 Å². The van der Waals surface area contributed by atoms with Crippen LogP contribution in [0, 0.1) is 5.82 Å². The Morgan fingerprint density at radius 3 is 2.69 bits per heavy atom. The molecule has 0 saturated heterocycles. The fourth-order valence-electron chi connectivity index (χ4n) is 3.92. The third-order valence-corrected chi connectivity index (χ3v) is 5.87. The number of anilines is 1. The molecule has 11 heteroatoms. The molecule has 6 rings (SSSR count). The summed E-state index contributed by atoms with van der Waals surface area (Å²) in [5, 5.41) is 18.2. The summed E-state index contributed by atoms with van der Waals surface area (Å²) in [5.74, 6) is -0.196. The van der Waals surface area contributed by atoms with Crippen molar-refractivity contribution in [1.82, 2.24) is 29.5 Å². The smallest absolute Gasteiger partial charge is 0.326 e. The maximum absolute atomic E-state index is 13.4. The van der Waals surface area contributed by atoms with Crippen molar-refractivity contribution >= 4 is 17.7 Å². The van der Waals surface area contributed by atoms with E-state index >= 15 is 0 Å². The SMILES string of the molecule is O=c1[nH]c(O)c(C=c2cnn3c(=NC4CC4)nc(NCc4ccccc4-c4ccc(F)cc4)nc23)[nH]1. The Kier molecular flexibility index (Phi) is 5.29. The minimum absolute atomic E-state index is 0.205. The normalized spacial score (nSPS) is 14.6. The Morgan fingerprint density at radius 1 is 1.14 bits per heavy atom. The molecule has 1 aliphatic rings. The van der Waals surface area contributed by atoms with Gasteiger partial charge in [-0.2, -0.15) is 19.6 Å². The van der Waals surface area contributed by atoms with Crippen LogP contribution in [0.2, 0.25) is 0 Å². The molecule has 0 radical (unpaired) electrons. The van der Waals surface area contributed by atoms with Crippen molar-refractivity contribution in [1.29, 1.82) is 0 Å². The molecule has 3 heterocycles. The predicted octanol–water partition coefficient (Wildman–Crippen LogP) is 1.88. The standard InChI is InChI=1S/C25H21FN8O2/c26-17-7-5-14(6-8-17)19-4-2-1-3-15(19)12-27-23-31-21-16(11-20-22(35)32-25(36)30-20)13-28-34(21)24(33-23)29-18-9-10-18/h1-8,11,13,18,35H,9-10,12H2,(H,27,29,33)(H2,30,32,36). The molecule has 4 N–H and O–H groups in total. The van der Waals surface area contributed by atoms with E-state index in [4.69, 9.17) is 0 Å². The number of benzene rings is 2. The summed E-state index contributed by atoms with van der Waals surface area (Å²) < 4.78 is 15.0. The number of aromatic nitrogens is 6. The zero-order valence-electron chi connectivity index (χ0n) is 18.9. The van der Waals surface area contributed by atoms with Gasteiger partial charge in [-0.25, -0.2) is 14.2 Å². The van der Waals surface area contributed by atoms with Gasteiger partial charge in [0.05, 0.1) is 12.2 Å². The van der Waals surface area contributed by atoms with Crippen LogP contribution in [0.15, 0.2) is 64.5 Å². The molecule has 5 aromatic rings. The molecule has 10 nitrogen and oxygen atoms in total. The van der Waals surface area contributed by atoms with Crippen LogP contribution in [0.5, 0.6) is 5.88 Å². The van der Waals surface area contributed by atoms with Gasteiger partial charge in [-0.05, 0) is 47.7 Å². The molecular weight excluding hydrogens is 463 g/mol. The van der Waals surface area contributed by atoms with Crippen LogP contribution in [-0.4, -0.2) is 40.7 Å². The van der Waals surface area contributed by atoms with Gasteiger partial charge < -0.3 is 15.4 Å². The van der Waals surface area contributed by atoms with Gasteiger partial charge in [0.1, 0.15) is 11.5 Å². The Morgan fingerprint density at radius 2 is 1.94 bits per heavy atom. The van der Waals surface area contributed by atoms with Crippen LogP contribution in [0.25, 0.3) is 22.9 Å². The molecule has 36 heavy (non-hydrogen) atoms. The lowest BCUT2D eigenvalue weighted by atomic mass is 10.00. The number of halogens is 1. The maximum Gasteiger partial charge on any atom is 0.326 e. The van der Waals surface area contributed by atoms with Crippen LogP contribution >= 0.6 is 0 Å². The van der Waals surface area contributed by atoms with Crippen molar-refractivity contribution in [2.45, 2.75) is 25.4 Å². The lowest BCUT2D eigenvalue weighted by molar-refractivity contribution is 0.454. The number of hydrogen-bond acceptors (Lipinski definition) is 7. The lowest BCUT2D eigenvalue weighted by Gasteiger charge is -2.11. The van der Waals surface area contributed by atoms with Gasteiger partial charge in [0.15, 0.2) is 5.65 Å². The fourth-order valence-corrected chi connectivity index (χ4v) is 3.92. The fraction of sp³-hybridized carbons (Fsp3) is 0.160. The first-order valence-corrected chi connectivity index (χ1v) is 11.4. The molecule has 0 unspecified atom stereocenters. The first kappa shape index (κ1) is 21.7. The number of H-pyrrole nitrogens is 2. The molecular formula is C25H21FN8O2. The lowest BCUT2D eigenvalue weighted by Crippen LogP contribution is -2.24. The van der Waals surface area contributed by atoms with Gasteiger partial charge in [-0.1, -0.05) is 36.4 Å². The summed E-state index contributed by atoms with van der Waals surface area (Å²) in [4.78, 5) is 30.2. The van der Waals surface area contributed by atoms with E-state index in [-0.39, 0.29) is 23.4 Å². The topological polar surface area (TPSA) is 136 Å². The first-order valence-electron chi connectivity index (χ1n) is 11.4. The van der Waals surface area contributed by atoms with E-state index in [0.717, 1.165) is 29.5 Å². The van der Waals surface area contributed by atoms with Crippen LogP contribution in [0.4, 0.5) is 10.3 Å². The van der Waals surface area contributed by atoms with Crippen LogP contribution < -0.4 is 21.8 Å². The third-order valence-electron chi connectivity index (χ3n) is 5.87. The second kappa shape index (κ2) is 8.77. The average Bonchev–Trinajstić information content (AvgIpc) is 3.51. The van der Waals surface area contributed by atoms with E-state index in [2.05, 4.69) is 35.3 Å². The van der Waals surface area contributed by atoms with Crippen LogP contribution in [0.1, 0.15) is 24.1 Å². The van der Waals surface area contributed by atoms with Gasteiger partial charge in [0.2, 0.25) is 11.8 Å². The molecule has 1 aliphatic carbocycles. The van der Waals surface area contributed by atoms with E-state index < -0.39 is 5.69 Å². The summed E-state index contributed by atoms with van der Waals surface area (Å²) >= 11 is 0. The highest BCUT2D eigenvalue weighted by Crippen LogP contribution is 2.25. The largest absolute Gasteiger partial charge is 0.493 e. The quantitative estimate of drug-likeness (QED) is 0.291. The molecule has 0 amide bonds.